The Bertz CT molecular complexity index is 962. The summed E-state index contributed by atoms with van der Waals surface area (Å²) in [6.45, 7) is 0. The van der Waals surface area contributed by atoms with Crippen LogP contribution in [0.4, 0.5) is 17.3 Å². The zero-order chi connectivity index (χ0) is 18.5. The predicted octanol–water partition coefficient (Wildman–Crippen LogP) is 4.65. The average molecular weight is 384 g/mol. The first-order valence-electron chi connectivity index (χ1n) is 7.40. The lowest BCUT2D eigenvalue weighted by molar-refractivity contribution is 0.102. The average Bonchev–Trinajstić information content (AvgIpc) is 2.62. The fourth-order valence-corrected chi connectivity index (χ4v) is 2.62. The molecule has 0 saturated heterocycles. The Morgan fingerprint density at radius 1 is 0.962 bits per heavy atom. The molecule has 0 atom stereocenters. The molecular formula is C18H11Cl2N5O. The van der Waals surface area contributed by atoms with Gasteiger partial charge in [-0.25, -0.2) is 9.97 Å². The minimum absolute atomic E-state index is 0.295. The molecule has 1 amide bonds. The molecule has 0 spiro atoms. The molecule has 0 aliphatic rings. The number of aromatic nitrogens is 2. The highest BCUT2D eigenvalue weighted by Crippen LogP contribution is 2.24. The molecule has 0 radical (unpaired) electrons. The Hall–Kier alpha value is -3.14. The van der Waals surface area contributed by atoms with Crippen LogP contribution in [-0.4, -0.2) is 15.9 Å². The molecule has 0 fully saturated rings. The Kier molecular flexibility index (Phi) is 5.32. The summed E-state index contributed by atoms with van der Waals surface area (Å²) in [6, 6.07) is 13.5. The third kappa shape index (κ3) is 4.48. The summed E-state index contributed by atoms with van der Waals surface area (Å²) in [7, 11) is 0. The van der Waals surface area contributed by atoms with Gasteiger partial charge in [-0.3, -0.25) is 4.79 Å². The number of nitrogens with zero attached hydrogens (tertiary/aromatic N) is 3. The van der Waals surface area contributed by atoms with E-state index in [1.807, 2.05) is 6.07 Å². The normalized spacial score (nSPS) is 10.0. The van der Waals surface area contributed by atoms with E-state index in [-0.39, 0.29) is 5.91 Å². The van der Waals surface area contributed by atoms with E-state index in [4.69, 9.17) is 28.5 Å². The second kappa shape index (κ2) is 7.83. The summed E-state index contributed by atoms with van der Waals surface area (Å²) < 4.78 is 0. The van der Waals surface area contributed by atoms with Crippen LogP contribution in [0.1, 0.15) is 15.9 Å². The minimum atomic E-state index is -0.355. The first-order chi connectivity index (χ1) is 12.5. The van der Waals surface area contributed by atoms with Gasteiger partial charge < -0.3 is 10.6 Å². The zero-order valence-corrected chi connectivity index (χ0v) is 14.7. The first-order valence-corrected chi connectivity index (χ1v) is 8.16. The molecule has 2 N–H and O–H groups in total. The monoisotopic (exact) mass is 383 g/mol. The number of nitrogens with one attached hydrogen (secondary N) is 2. The van der Waals surface area contributed by atoms with E-state index in [1.54, 1.807) is 42.5 Å². The summed E-state index contributed by atoms with van der Waals surface area (Å²) >= 11 is 11.9. The SMILES string of the molecule is N#Cc1ccc(NC(=O)c2cnc(Nc3cc(Cl)cc(Cl)c3)nc2)cc1. The third-order valence-corrected chi connectivity index (χ3v) is 3.74. The van der Waals surface area contributed by atoms with Gasteiger partial charge >= 0.3 is 0 Å². The molecule has 2 aromatic carbocycles. The summed E-state index contributed by atoms with van der Waals surface area (Å²) in [5.74, 6) is -0.0506. The van der Waals surface area contributed by atoms with E-state index >= 15 is 0 Å². The van der Waals surface area contributed by atoms with Gasteiger partial charge in [0.25, 0.3) is 5.91 Å². The van der Waals surface area contributed by atoms with Gasteiger partial charge in [0, 0.05) is 33.8 Å². The predicted molar refractivity (Wildman–Crippen MR) is 101 cm³/mol. The summed E-state index contributed by atoms with van der Waals surface area (Å²) in [4.78, 5) is 20.4. The number of amides is 1. The lowest BCUT2D eigenvalue weighted by Gasteiger charge is -2.07. The van der Waals surface area contributed by atoms with Gasteiger partial charge in [-0.05, 0) is 42.5 Å². The number of hydrogen-bond donors (Lipinski definition) is 2. The second-order valence-electron chi connectivity index (χ2n) is 5.22. The Labute approximate surface area is 159 Å². The molecule has 26 heavy (non-hydrogen) atoms. The Balaban J connectivity index is 1.68. The number of nitriles is 1. The first kappa shape index (κ1) is 17.7. The number of rotatable bonds is 4. The molecule has 0 bridgehead atoms. The third-order valence-electron chi connectivity index (χ3n) is 3.30. The van der Waals surface area contributed by atoms with Crippen molar-refractivity contribution in [2.75, 3.05) is 10.6 Å². The van der Waals surface area contributed by atoms with Crippen LogP contribution in [0, 0.1) is 11.3 Å². The zero-order valence-electron chi connectivity index (χ0n) is 13.2. The van der Waals surface area contributed by atoms with Gasteiger partial charge in [0.05, 0.1) is 17.2 Å². The van der Waals surface area contributed by atoms with Crippen molar-refractivity contribution in [3.8, 4) is 6.07 Å². The van der Waals surface area contributed by atoms with E-state index < -0.39 is 0 Å². The molecular weight excluding hydrogens is 373 g/mol. The molecule has 0 aliphatic heterocycles. The highest BCUT2D eigenvalue weighted by Gasteiger charge is 2.08. The van der Waals surface area contributed by atoms with Gasteiger partial charge in [0.15, 0.2) is 0 Å². The van der Waals surface area contributed by atoms with Crippen LogP contribution in [0.2, 0.25) is 10.0 Å². The van der Waals surface area contributed by atoms with Gasteiger partial charge in [-0.15, -0.1) is 0 Å². The Morgan fingerprint density at radius 3 is 2.15 bits per heavy atom. The van der Waals surface area contributed by atoms with E-state index in [9.17, 15) is 4.79 Å². The standard InChI is InChI=1S/C18H11Cl2N5O/c19-13-5-14(20)7-16(6-13)25-18-22-9-12(10-23-18)17(26)24-15-3-1-11(8-21)2-4-15/h1-7,9-10H,(H,24,26)(H,22,23,25). The number of benzene rings is 2. The summed E-state index contributed by atoms with van der Waals surface area (Å²) in [5, 5.41) is 15.4. The van der Waals surface area contributed by atoms with Crippen LogP contribution in [0.3, 0.4) is 0 Å². The van der Waals surface area contributed by atoms with Crippen LogP contribution < -0.4 is 10.6 Å². The number of carbonyl (C=O) groups excluding carboxylic acids is 1. The number of carbonyl (C=O) groups is 1. The molecule has 0 aliphatic carbocycles. The molecule has 3 rings (SSSR count). The summed E-state index contributed by atoms with van der Waals surface area (Å²) in [6.07, 6.45) is 2.81. The van der Waals surface area contributed by atoms with Crippen molar-refractivity contribution in [2.24, 2.45) is 0 Å². The van der Waals surface area contributed by atoms with Gasteiger partial charge in [0.1, 0.15) is 0 Å². The van der Waals surface area contributed by atoms with Crippen LogP contribution in [0.5, 0.6) is 0 Å². The summed E-state index contributed by atoms with van der Waals surface area (Å²) in [5.41, 5.74) is 2.02. The lowest BCUT2D eigenvalue weighted by atomic mass is 10.2. The van der Waals surface area contributed by atoms with Crippen molar-refractivity contribution >= 4 is 46.4 Å². The van der Waals surface area contributed by atoms with Gasteiger partial charge in [0.2, 0.25) is 5.95 Å². The van der Waals surface area contributed by atoms with Crippen LogP contribution in [0.15, 0.2) is 54.9 Å². The lowest BCUT2D eigenvalue weighted by Crippen LogP contribution is -2.13. The largest absolute Gasteiger partial charge is 0.324 e. The second-order valence-corrected chi connectivity index (χ2v) is 6.09. The number of hydrogen-bond acceptors (Lipinski definition) is 5. The number of halogens is 2. The van der Waals surface area contributed by atoms with E-state index in [2.05, 4.69) is 20.6 Å². The van der Waals surface area contributed by atoms with Crippen LogP contribution in [0.25, 0.3) is 0 Å². The quantitative estimate of drug-likeness (QED) is 0.683. The van der Waals surface area contributed by atoms with Crippen molar-refractivity contribution in [2.45, 2.75) is 0 Å². The van der Waals surface area contributed by atoms with Crippen molar-refractivity contribution in [1.29, 1.82) is 5.26 Å². The molecule has 8 heteroatoms. The van der Waals surface area contributed by atoms with Gasteiger partial charge in [-0.2, -0.15) is 5.26 Å². The maximum atomic E-state index is 12.2. The molecule has 0 saturated carbocycles. The van der Waals surface area contributed by atoms with Crippen molar-refractivity contribution in [3.05, 3.63) is 76.0 Å². The van der Waals surface area contributed by atoms with E-state index in [0.29, 0.717) is 38.5 Å². The van der Waals surface area contributed by atoms with Crippen molar-refractivity contribution in [3.63, 3.8) is 0 Å². The highest BCUT2D eigenvalue weighted by molar-refractivity contribution is 6.35. The molecule has 0 unspecified atom stereocenters. The molecule has 6 nitrogen and oxygen atoms in total. The molecule has 3 aromatic rings. The van der Waals surface area contributed by atoms with Crippen molar-refractivity contribution in [1.82, 2.24) is 9.97 Å². The molecule has 1 aromatic heterocycles. The van der Waals surface area contributed by atoms with Crippen LogP contribution in [-0.2, 0) is 0 Å². The number of anilines is 3. The molecule has 128 valence electrons. The fourth-order valence-electron chi connectivity index (χ4n) is 2.10. The van der Waals surface area contributed by atoms with E-state index in [1.165, 1.54) is 12.4 Å². The fraction of sp³-hybridized carbons (Fsp3) is 0. The Morgan fingerprint density at radius 2 is 1.58 bits per heavy atom. The van der Waals surface area contributed by atoms with Crippen molar-refractivity contribution < 1.29 is 4.79 Å². The molecule has 1 heterocycles. The minimum Gasteiger partial charge on any atom is -0.324 e. The smallest absolute Gasteiger partial charge is 0.258 e. The highest BCUT2D eigenvalue weighted by atomic mass is 35.5. The van der Waals surface area contributed by atoms with E-state index in [0.717, 1.165) is 0 Å². The van der Waals surface area contributed by atoms with Gasteiger partial charge in [-0.1, -0.05) is 23.2 Å². The van der Waals surface area contributed by atoms with Crippen LogP contribution >= 0.6 is 23.2 Å². The maximum absolute atomic E-state index is 12.2. The maximum Gasteiger partial charge on any atom is 0.258 e. The topological polar surface area (TPSA) is 90.7 Å².